The molecule has 110 valence electrons. The summed E-state index contributed by atoms with van der Waals surface area (Å²) in [5.41, 5.74) is 0.910. The van der Waals surface area contributed by atoms with Crippen LogP contribution in [-0.4, -0.2) is 19.7 Å². The van der Waals surface area contributed by atoms with Crippen molar-refractivity contribution in [1.29, 1.82) is 0 Å². The molecule has 1 fully saturated rings. The van der Waals surface area contributed by atoms with Crippen molar-refractivity contribution in [2.24, 2.45) is 11.8 Å². The first-order valence-corrected chi connectivity index (χ1v) is 7.12. The molecule has 20 heavy (non-hydrogen) atoms. The van der Waals surface area contributed by atoms with Crippen molar-refractivity contribution >= 4 is 5.97 Å². The summed E-state index contributed by atoms with van der Waals surface area (Å²) in [7, 11) is 1.61. The van der Waals surface area contributed by atoms with Crippen molar-refractivity contribution in [1.82, 2.24) is 0 Å². The summed E-state index contributed by atoms with van der Waals surface area (Å²) in [6.45, 7) is 5.06. The number of hydrogen-bond acceptors (Lipinski definition) is 4. The Labute approximate surface area is 120 Å². The normalized spacial score (nSPS) is 20.4. The van der Waals surface area contributed by atoms with E-state index in [1.165, 1.54) is 0 Å². The Morgan fingerprint density at radius 1 is 1.35 bits per heavy atom. The van der Waals surface area contributed by atoms with Crippen molar-refractivity contribution in [3.05, 3.63) is 23.8 Å². The molecule has 0 radical (unpaired) electrons. The fourth-order valence-electron chi connectivity index (χ4n) is 2.05. The first-order valence-electron chi connectivity index (χ1n) is 7.12. The highest BCUT2D eigenvalue weighted by atomic mass is 16.5. The van der Waals surface area contributed by atoms with Gasteiger partial charge in [0, 0.05) is 0 Å². The molecule has 0 aliphatic heterocycles. The number of ether oxygens (including phenoxy) is 3. The van der Waals surface area contributed by atoms with E-state index in [4.69, 9.17) is 14.2 Å². The highest BCUT2D eigenvalue weighted by Crippen LogP contribution is 2.38. The van der Waals surface area contributed by atoms with E-state index in [0.29, 0.717) is 18.3 Å². The summed E-state index contributed by atoms with van der Waals surface area (Å²) >= 11 is 0. The van der Waals surface area contributed by atoms with Gasteiger partial charge in [-0.15, -0.1) is 0 Å². The van der Waals surface area contributed by atoms with Gasteiger partial charge in [0.1, 0.15) is 6.61 Å². The van der Waals surface area contributed by atoms with Crippen molar-refractivity contribution in [2.75, 3.05) is 13.7 Å². The van der Waals surface area contributed by atoms with Crippen molar-refractivity contribution in [3.8, 4) is 11.5 Å². The number of carbonyl (C=O) groups excluding carboxylic acids is 1. The Morgan fingerprint density at radius 2 is 2.10 bits per heavy atom. The maximum Gasteiger partial charge on any atom is 0.309 e. The molecule has 2 unspecified atom stereocenters. The first-order chi connectivity index (χ1) is 9.65. The fraction of sp³-hybridized carbons (Fsp3) is 0.562. The third kappa shape index (κ3) is 3.65. The molecule has 0 spiro atoms. The molecule has 1 saturated carbocycles. The van der Waals surface area contributed by atoms with Gasteiger partial charge in [-0.3, -0.25) is 4.79 Å². The van der Waals surface area contributed by atoms with Gasteiger partial charge in [0.05, 0.1) is 19.6 Å². The second-order valence-corrected chi connectivity index (χ2v) is 5.26. The standard InChI is InChI=1S/C16H22O4/c1-4-7-19-14-6-5-12(9-15(14)18-3)10-20-16(17)13-8-11(13)2/h5-6,9,11,13H,4,7-8,10H2,1-3H3. The molecule has 0 heterocycles. The Kier molecular flexibility index (Phi) is 4.88. The Hall–Kier alpha value is -1.71. The van der Waals surface area contributed by atoms with E-state index in [1.54, 1.807) is 7.11 Å². The maximum absolute atomic E-state index is 11.7. The van der Waals surface area contributed by atoms with Crippen LogP contribution in [0.5, 0.6) is 11.5 Å². The number of carbonyl (C=O) groups is 1. The molecular formula is C16H22O4. The highest BCUT2D eigenvalue weighted by Gasteiger charge is 2.40. The smallest absolute Gasteiger partial charge is 0.309 e. The van der Waals surface area contributed by atoms with Gasteiger partial charge in [0.2, 0.25) is 0 Å². The molecule has 0 N–H and O–H groups in total. The minimum atomic E-state index is -0.0947. The monoisotopic (exact) mass is 278 g/mol. The summed E-state index contributed by atoms with van der Waals surface area (Å²) in [5.74, 6) is 1.88. The summed E-state index contributed by atoms with van der Waals surface area (Å²) in [6, 6.07) is 5.61. The van der Waals surface area contributed by atoms with Crippen LogP contribution in [0.15, 0.2) is 18.2 Å². The minimum absolute atomic E-state index is 0.0947. The van der Waals surface area contributed by atoms with E-state index in [9.17, 15) is 4.79 Å². The minimum Gasteiger partial charge on any atom is -0.493 e. The molecule has 2 rings (SSSR count). The van der Waals surface area contributed by atoms with Gasteiger partial charge >= 0.3 is 5.97 Å². The quantitative estimate of drug-likeness (QED) is 0.719. The van der Waals surface area contributed by atoms with Gasteiger partial charge in [-0.25, -0.2) is 0 Å². The summed E-state index contributed by atoms with van der Waals surface area (Å²) in [6.07, 6.45) is 1.90. The van der Waals surface area contributed by atoms with Gasteiger partial charge in [0.15, 0.2) is 11.5 Å². The Balaban J connectivity index is 1.93. The van der Waals surface area contributed by atoms with Crippen LogP contribution in [0.1, 0.15) is 32.3 Å². The van der Waals surface area contributed by atoms with Crippen LogP contribution in [0, 0.1) is 11.8 Å². The molecule has 1 aromatic carbocycles. The molecule has 0 aromatic heterocycles. The zero-order valence-corrected chi connectivity index (χ0v) is 12.3. The molecule has 1 aliphatic carbocycles. The SMILES string of the molecule is CCCOc1ccc(COC(=O)C2CC2C)cc1OC. The zero-order valence-electron chi connectivity index (χ0n) is 12.3. The summed E-state index contributed by atoms with van der Waals surface area (Å²) in [5, 5.41) is 0. The van der Waals surface area contributed by atoms with Gasteiger partial charge < -0.3 is 14.2 Å². The number of methoxy groups -OCH3 is 1. The average molecular weight is 278 g/mol. The van der Waals surface area contributed by atoms with E-state index in [2.05, 4.69) is 13.8 Å². The third-order valence-corrected chi connectivity index (χ3v) is 3.48. The first kappa shape index (κ1) is 14.7. The molecule has 0 amide bonds. The average Bonchev–Trinajstić information content (AvgIpc) is 3.20. The van der Waals surface area contributed by atoms with Crippen LogP contribution in [0.4, 0.5) is 0 Å². The second kappa shape index (κ2) is 6.64. The van der Waals surface area contributed by atoms with Crippen LogP contribution in [0.3, 0.4) is 0 Å². The molecule has 1 aromatic rings. The third-order valence-electron chi connectivity index (χ3n) is 3.48. The van der Waals surface area contributed by atoms with Crippen molar-refractivity contribution < 1.29 is 19.0 Å². The lowest BCUT2D eigenvalue weighted by Crippen LogP contribution is -2.08. The predicted octanol–water partition coefficient (Wildman–Crippen LogP) is 3.18. The number of rotatable bonds is 7. The second-order valence-electron chi connectivity index (χ2n) is 5.26. The van der Waals surface area contributed by atoms with Crippen molar-refractivity contribution in [3.63, 3.8) is 0 Å². The fourth-order valence-corrected chi connectivity index (χ4v) is 2.05. The van der Waals surface area contributed by atoms with Crippen LogP contribution in [0.25, 0.3) is 0 Å². The molecule has 1 aliphatic rings. The van der Waals surface area contributed by atoms with Crippen LogP contribution in [0.2, 0.25) is 0 Å². The molecule has 4 heteroatoms. The van der Waals surface area contributed by atoms with Gasteiger partial charge in [0.25, 0.3) is 0 Å². The molecule has 4 nitrogen and oxygen atoms in total. The van der Waals surface area contributed by atoms with E-state index in [-0.39, 0.29) is 18.5 Å². The largest absolute Gasteiger partial charge is 0.493 e. The topological polar surface area (TPSA) is 44.8 Å². The Morgan fingerprint density at radius 3 is 2.70 bits per heavy atom. The molecular weight excluding hydrogens is 256 g/mol. The predicted molar refractivity (Wildman–Crippen MR) is 75.8 cm³/mol. The van der Waals surface area contributed by atoms with Crippen LogP contribution >= 0.6 is 0 Å². The number of esters is 1. The van der Waals surface area contributed by atoms with Gasteiger partial charge in [-0.05, 0) is 36.5 Å². The summed E-state index contributed by atoms with van der Waals surface area (Å²) in [4.78, 5) is 11.7. The number of hydrogen-bond donors (Lipinski definition) is 0. The summed E-state index contributed by atoms with van der Waals surface area (Å²) < 4.78 is 16.2. The van der Waals surface area contributed by atoms with Gasteiger partial charge in [-0.2, -0.15) is 0 Å². The lowest BCUT2D eigenvalue weighted by atomic mass is 10.2. The van der Waals surface area contributed by atoms with E-state index < -0.39 is 0 Å². The lowest BCUT2D eigenvalue weighted by Gasteiger charge is -2.12. The van der Waals surface area contributed by atoms with E-state index in [1.807, 2.05) is 18.2 Å². The van der Waals surface area contributed by atoms with Crippen LogP contribution in [-0.2, 0) is 16.1 Å². The maximum atomic E-state index is 11.7. The van der Waals surface area contributed by atoms with Crippen LogP contribution < -0.4 is 9.47 Å². The van der Waals surface area contributed by atoms with Gasteiger partial charge in [-0.1, -0.05) is 19.9 Å². The Bertz CT molecular complexity index is 470. The highest BCUT2D eigenvalue weighted by molar-refractivity contribution is 5.75. The number of benzene rings is 1. The molecule has 2 atom stereocenters. The molecule has 0 bridgehead atoms. The lowest BCUT2D eigenvalue weighted by molar-refractivity contribution is -0.146. The van der Waals surface area contributed by atoms with E-state index >= 15 is 0 Å². The van der Waals surface area contributed by atoms with E-state index in [0.717, 1.165) is 24.2 Å². The zero-order chi connectivity index (χ0) is 14.5. The van der Waals surface area contributed by atoms with Crippen molar-refractivity contribution in [2.45, 2.75) is 33.3 Å². The molecule has 0 saturated heterocycles.